The number of nitrogens with zero attached hydrogens (tertiary/aromatic N) is 7. The molecule has 5 rings (SSSR count). The first kappa shape index (κ1) is 24.3. The second-order valence-electron chi connectivity index (χ2n) is 9.00. The van der Waals surface area contributed by atoms with Gasteiger partial charge < -0.3 is 5.32 Å². The monoisotopic (exact) mass is 494 g/mol. The largest absolute Gasteiger partial charge is 0.359 e. The van der Waals surface area contributed by atoms with E-state index in [1.807, 2.05) is 35.8 Å². The van der Waals surface area contributed by atoms with Crippen molar-refractivity contribution in [2.75, 3.05) is 5.32 Å². The molecule has 37 heavy (non-hydrogen) atoms. The first-order chi connectivity index (χ1) is 18.1. The summed E-state index contributed by atoms with van der Waals surface area (Å²) in [5, 5.41) is 13.2. The first-order valence-electron chi connectivity index (χ1n) is 12.4. The fourth-order valence-corrected chi connectivity index (χ4v) is 4.53. The number of nitriles is 1. The number of fused-ring (bicyclic) bond motifs is 1. The molecule has 0 spiro atoms. The highest BCUT2D eigenvalue weighted by Crippen LogP contribution is 2.32. The van der Waals surface area contributed by atoms with Gasteiger partial charge in [0.1, 0.15) is 35.4 Å². The van der Waals surface area contributed by atoms with Crippen molar-refractivity contribution >= 4 is 11.9 Å². The number of aryl methyl sites for hydroxylation is 2. The van der Waals surface area contributed by atoms with Gasteiger partial charge >= 0.3 is 0 Å². The van der Waals surface area contributed by atoms with Crippen LogP contribution in [0.2, 0.25) is 0 Å². The summed E-state index contributed by atoms with van der Waals surface area (Å²) in [7, 11) is 0. The van der Waals surface area contributed by atoms with Crippen molar-refractivity contribution in [2.24, 2.45) is 0 Å². The topological polar surface area (TPSA) is 105 Å². The fourth-order valence-electron chi connectivity index (χ4n) is 4.53. The molecule has 1 aliphatic rings. The zero-order valence-corrected chi connectivity index (χ0v) is 20.8. The molecule has 4 aromatic rings. The molecular formula is C28H27FN8. The van der Waals surface area contributed by atoms with E-state index < -0.39 is 0 Å². The Balaban J connectivity index is 1.57. The minimum absolute atomic E-state index is 0.183. The van der Waals surface area contributed by atoms with E-state index in [0.717, 1.165) is 41.2 Å². The maximum absolute atomic E-state index is 14.4. The summed E-state index contributed by atoms with van der Waals surface area (Å²) in [6.07, 6.45) is 11.7. The maximum atomic E-state index is 14.4. The van der Waals surface area contributed by atoms with Gasteiger partial charge in [-0.25, -0.2) is 19.3 Å². The Bertz CT molecular complexity index is 1490. The summed E-state index contributed by atoms with van der Waals surface area (Å²) in [6.45, 7) is 4.06. The van der Waals surface area contributed by atoms with Crippen LogP contribution in [0.1, 0.15) is 67.6 Å². The number of imidazole rings is 1. The second-order valence-corrected chi connectivity index (χ2v) is 9.00. The van der Waals surface area contributed by atoms with Crippen molar-refractivity contribution in [3.63, 3.8) is 0 Å². The van der Waals surface area contributed by atoms with Crippen LogP contribution in [-0.4, -0.2) is 29.5 Å². The van der Waals surface area contributed by atoms with E-state index in [-0.39, 0.29) is 11.9 Å². The van der Waals surface area contributed by atoms with E-state index in [0.29, 0.717) is 42.2 Å². The van der Waals surface area contributed by atoms with E-state index in [4.69, 9.17) is 4.98 Å². The van der Waals surface area contributed by atoms with Gasteiger partial charge in [0.05, 0.1) is 40.7 Å². The van der Waals surface area contributed by atoms with Gasteiger partial charge in [-0.3, -0.25) is 14.5 Å². The Kier molecular flexibility index (Phi) is 6.99. The zero-order valence-electron chi connectivity index (χ0n) is 20.8. The van der Waals surface area contributed by atoms with Gasteiger partial charge in [-0.2, -0.15) is 5.26 Å². The summed E-state index contributed by atoms with van der Waals surface area (Å²) in [5.41, 5.74) is 5.07. The lowest BCUT2D eigenvalue weighted by Crippen LogP contribution is -2.16. The highest BCUT2D eigenvalue weighted by Gasteiger charge is 2.26. The molecule has 0 bridgehead atoms. The quantitative estimate of drug-likeness (QED) is 0.332. The van der Waals surface area contributed by atoms with Crippen LogP contribution in [0.5, 0.6) is 0 Å². The van der Waals surface area contributed by atoms with Crippen LogP contribution >= 0.6 is 0 Å². The molecule has 1 N–H and O–H groups in total. The Morgan fingerprint density at radius 1 is 1.19 bits per heavy atom. The van der Waals surface area contributed by atoms with Gasteiger partial charge in [0.25, 0.3) is 0 Å². The Hall–Kier alpha value is -4.45. The molecule has 4 heterocycles. The number of hydrogen-bond donors (Lipinski definition) is 1. The molecule has 1 atom stereocenters. The van der Waals surface area contributed by atoms with Crippen molar-refractivity contribution in [1.82, 2.24) is 29.5 Å². The number of allylic oxidation sites excluding steroid dienone is 1. The molecular weight excluding hydrogens is 467 g/mol. The van der Waals surface area contributed by atoms with Crippen LogP contribution < -0.4 is 5.32 Å². The number of halogens is 1. The van der Waals surface area contributed by atoms with Gasteiger partial charge in [-0.05, 0) is 50.5 Å². The number of hydrogen-bond acceptors (Lipinski definition) is 7. The number of aromatic nitrogens is 6. The lowest BCUT2D eigenvalue weighted by molar-refractivity contribution is 0.587. The van der Waals surface area contributed by atoms with Crippen molar-refractivity contribution in [3.05, 3.63) is 83.5 Å². The third-order valence-electron chi connectivity index (χ3n) is 6.40. The van der Waals surface area contributed by atoms with E-state index in [9.17, 15) is 9.65 Å². The average Bonchev–Trinajstić information content (AvgIpc) is 3.31. The number of unbranched alkanes of at least 4 members (excludes halogenated alkanes) is 1. The maximum Gasteiger partial charge on any atom is 0.148 e. The Labute approximate surface area is 215 Å². The first-order valence-corrected chi connectivity index (χ1v) is 12.4. The zero-order chi connectivity index (χ0) is 25.8. The summed E-state index contributed by atoms with van der Waals surface area (Å²) in [6, 6.07) is 9.60. The van der Waals surface area contributed by atoms with E-state index in [1.54, 1.807) is 24.7 Å². The Morgan fingerprint density at radius 3 is 2.86 bits per heavy atom. The lowest BCUT2D eigenvalue weighted by atomic mass is 10.1. The van der Waals surface area contributed by atoms with Crippen molar-refractivity contribution in [1.29, 1.82) is 5.26 Å². The molecule has 1 aliphatic carbocycles. The van der Waals surface area contributed by atoms with Crippen LogP contribution in [0.3, 0.4) is 0 Å². The molecule has 8 nitrogen and oxygen atoms in total. The van der Waals surface area contributed by atoms with Gasteiger partial charge in [0.2, 0.25) is 0 Å². The normalized spacial score (nSPS) is 13.4. The third-order valence-corrected chi connectivity index (χ3v) is 6.40. The van der Waals surface area contributed by atoms with Crippen LogP contribution in [0.4, 0.5) is 10.2 Å². The van der Waals surface area contributed by atoms with Crippen LogP contribution in [0.25, 0.3) is 23.0 Å². The molecule has 0 aliphatic heterocycles. The SMILES string of the molecule is CCCCc1ncnc(NC(C)c2nc3c(n2-c2cncc(-c4ccccn4)c2)C=C(F)CC3)c1C#N. The van der Waals surface area contributed by atoms with Gasteiger partial charge in [0.15, 0.2) is 0 Å². The summed E-state index contributed by atoms with van der Waals surface area (Å²) in [5.74, 6) is 0.956. The molecule has 0 radical (unpaired) electrons. The molecule has 0 saturated heterocycles. The van der Waals surface area contributed by atoms with Crippen molar-refractivity contribution < 1.29 is 4.39 Å². The van der Waals surface area contributed by atoms with E-state index in [1.165, 1.54) is 6.33 Å². The highest BCUT2D eigenvalue weighted by molar-refractivity contribution is 5.64. The molecule has 9 heteroatoms. The van der Waals surface area contributed by atoms with Crippen LogP contribution in [0.15, 0.2) is 55.0 Å². The minimum atomic E-state index is -0.346. The molecule has 0 fully saturated rings. The predicted octanol–water partition coefficient (Wildman–Crippen LogP) is 5.76. The smallest absolute Gasteiger partial charge is 0.148 e. The number of pyridine rings is 2. The van der Waals surface area contributed by atoms with Crippen LogP contribution in [0, 0.1) is 11.3 Å². The lowest BCUT2D eigenvalue weighted by Gasteiger charge is -2.19. The minimum Gasteiger partial charge on any atom is -0.359 e. The molecule has 1 unspecified atom stereocenters. The molecule has 4 aromatic heterocycles. The number of nitrogens with one attached hydrogen (secondary N) is 1. The van der Waals surface area contributed by atoms with Gasteiger partial charge in [0, 0.05) is 24.4 Å². The van der Waals surface area contributed by atoms with Gasteiger partial charge in [-0.15, -0.1) is 0 Å². The summed E-state index contributed by atoms with van der Waals surface area (Å²) >= 11 is 0. The third kappa shape index (κ3) is 4.96. The second kappa shape index (κ2) is 10.7. The van der Waals surface area contributed by atoms with Crippen molar-refractivity contribution in [2.45, 2.75) is 52.0 Å². The molecule has 0 amide bonds. The molecule has 0 saturated carbocycles. The molecule has 186 valence electrons. The fraction of sp³-hybridized carbons (Fsp3) is 0.286. The predicted molar refractivity (Wildman–Crippen MR) is 139 cm³/mol. The van der Waals surface area contributed by atoms with Gasteiger partial charge in [-0.1, -0.05) is 19.4 Å². The van der Waals surface area contributed by atoms with Crippen LogP contribution in [-0.2, 0) is 12.8 Å². The number of anilines is 1. The van der Waals surface area contributed by atoms with E-state index in [2.05, 4.69) is 38.2 Å². The standard InChI is InChI=1S/C28H27FN8/c1-3-4-7-24-22(14-30)27(34-17-33-24)35-18(2)28-36-25-10-9-20(29)13-26(25)37(28)21-12-19(15-31-16-21)23-8-5-6-11-32-23/h5-6,8,11-13,15-18H,3-4,7,9-10H2,1-2H3,(H,33,34,35). The summed E-state index contributed by atoms with van der Waals surface area (Å²) in [4.78, 5) is 22.5. The number of rotatable bonds is 8. The van der Waals surface area contributed by atoms with E-state index >= 15 is 0 Å². The average molecular weight is 495 g/mol. The molecule has 0 aromatic carbocycles. The highest BCUT2D eigenvalue weighted by atomic mass is 19.1. The summed E-state index contributed by atoms with van der Waals surface area (Å²) < 4.78 is 16.4. The van der Waals surface area contributed by atoms with Crippen molar-refractivity contribution in [3.8, 4) is 23.0 Å². The Morgan fingerprint density at radius 2 is 2.08 bits per heavy atom.